The van der Waals surface area contributed by atoms with Crippen molar-refractivity contribution in [3.63, 3.8) is 0 Å². The lowest BCUT2D eigenvalue weighted by atomic mass is 10.1. The van der Waals surface area contributed by atoms with Crippen molar-refractivity contribution in [2.24, 2.45) is 0 Å². The van der Waals surface area contributed by atoms with Crippen LogP contribution >= 0.6 is 23.2 Å². The van der Waals surface area contributed by atoms with Gasteiger partial charge in [0.25, 0.3) is 5.35 Å². The fourth-order valence-electron chi connectivity index (χ4n) is 2.33. The third-order valence-corrected chi connectivity index (χ3v) is 3.77. The van der Waals surface area contributed by atoms with Crippen molar-refractivity contribution in [2.75, 3.05) is 6.79 Å². The van der Waals surface area contributed by atoms with Crippen LogP contribution in [0.2, 0.25) is 10.4 Å². The number of aromatic nitrogens is 1. The molecule has 0 fully saturated rings. The van der Waals surface area contributed by atoms with Gasteiger partial charge >= 0.3 is 0 Å². The fraction of sp³-hybridized carbons (Fsp3) is 0.0625. The molecule has 6 heteroatoms. The highest BCUT2D eigenvalue weighted by Gasteiger charge is 2.20. The largest absolute Gasteiger partial charge is 0.454 e. The number of nitrogens with zero attached hydrogens (tertiary/aromatic N) is 1. The van der Waals surface area contributed by atoms with Crippen molar-refractivity contribution >= 4 is 23.2 Å². The van der Waals surface area contributed by atoms with Crippen molar-refractivity contribution < 1.29 is 13.9 Å². The van der Waals surface area contributed by atoms with E-state index in [4.69, 9.17) is 37.1 Å². The van der Waals surface area contributed by atoms with E-state index in [-0.39, 0.29) is 12.1 Å². The predicted octanol–water partition coefficient (Wildman–Crippen LogP) is 5.04. The van der Waals surface area contributed by atoms with Gasteiger partial charge in [-0.1, -0.05) is 11.6 Å². The molecule has 2 heterocycles. The molecule has 0 bridgehead atoms. The Bertz CT molecular complexity index is 843. The molecule has 0 N–H and O–H groups in total. The lowest BCUT2D eigenvalue weighted by Crippen LogP contribution is -1.92. The van der Waals surface area contributed by atoms with Gasteiger partial charge in [0.05, 0.1) is 0 Å². The number of ether oxygens (including phenoxy) is 2. The van der Waals surface area contributed by atoms with Crippen molar-refractivity contribution in [3.8, 4) is 34.1 Å². The molecule has 0 saturated heterocycles. The molecule has 0 aliphatic carbocycles. The first-order chi connectivity index (χ1) is 10.7. The van der Waals surface area contributed by atoms with Gasteiger partial charge in [0.15, 0.2) is 17.3 Å². The molecule has 0 spiro atoms. The first kappa shape index (κ1) is 13.5. The van der Waals surface area contributed by atoms with Crippen LogP contribution < -0.4 is 9.47 Å². The van der Waals surface area contributed by atoms with E-state index < -0.39 is 0 Å². The van der Waals surface area contributed by atoms with Gasteiger partial charge in [-0.3, -0.25) is 0 Å². The Hall–Kier alpha value is -2.17. The van der Waals surface area contributed by atoms with Gasteiger partial charge in [0.1, 0.15) is 5.69 Å². The van der Waals surface area contributed by atoms with Gasteiger partial charge in [0, 0.05) is 16.1 Å². The van der Waals surface area contributed by atoms with Crippen LogP contribution in [0.5, 0.6) is 11.5 Å². The molecule has 0 radical (unpaired) electrons. The third kappa shape index (κ3) is 2.30. The lowest BCUT2D eigenvalue weighted by Gasteiger charge is -2.03. The highest BCUT2D eigenvalue weighted by molar-refractivity contribution is 6.30. The molecular weight excluding hydrogens is 325 g/mol. The summed E-state index contributed by atoms with van der Waals surface area (Å²) in [5.74, 6) is 1.98. The topological polar surface area (TPSA) is 44.5 Å². The van der Waals surface area contributed by atoms with E-state index in [0.29, 0.717) is 28.0 Å². The van der Waals surface area contributed by atoms with Crippen LogP contribution in [0.15, 0.2) is 46.9 Å². The Labute approximate surface area is 136 Å². The fourth-order valence-corrected chi connectivity index (χ4v) is 2.62. The minimum absolute atomic E-state index is 0.0811. The Kier molecular flexibility index (Phi) is 3.21. The van der Waals surface area contributed by atoms with Crippen molar-refractivity contribution in [1.82, 2.24) is 4.98 Å². The summed E-state index contributed by atoms with van der Waals surface area (Å²) >= 11 is 11.9. The SMILES string of the molecule is Clc1ccc(-c2oc(Cl)nc2-c2ccc3c(c2)OCO3)cc1. The second-order valence-corrected chi connectivity index (χ2v) is 5.48. The average Bonchev–Trinajstić information content (AvgIpc) is 3.13. The first-order valence-corrected chi connectivity index (χ1v) is 7.28. The number of oxazole rings is 1. The Morgan fingerprint density at radius 2 is 1.59 bits per heavy atom. The molecule has 2 aromatic carbocycles. The number of hydrogen-bond donors (Lipinski definition) is 0. The van der Waals surface area contributed by atoms with Gasteiger partial charge in [-0.25, -0.2) is 0 Å². The van der Waals surface area contributed by atoms with E-state index in [0.717, 1.165) is 11.1 Å². The molecule has 0 atom stereocenters. The number of fused-ring (bicyclic) bond motifs is 1. The monoisotopic (exact) mass is 333 g/mol. The van der Waals surface area contributed by atoms with Crippen LogP contribution in [0.1, 0.15) is 0 Å². The number of halogens is 2. The van der Waals surface area contributed by atoms with Crippen LogP contribution in [0.3, 0.4) is 0 Å². The van der Waals surface area contributed by atoms with E-state index in [9.17, 15) is 0 Å². The molecule has 0 unspecified atom stereocenters. The normalized spacial score (nSPS) is 12.6. The second-order valence-electron chi connectivity index (χ2n) is 4.72. The van der Waals surface area contributed by atoms with Gasteiger partial charge in [-0.2, -0.15) is 4.98 Å². The second kappa shape index (κ2) is 5.23. The maximum Gasteiger partial charge on any atom is 0.293 e. The predicted molar refractivity (Wildman–Crippen MR) is 83.5 cm³/mol. The molecule has 1 aromatic heterocycles. The number of benzene rings is 2. The smallest absolute Gasteiger partial charge is 0.293 e. The molecule has 22 heavy (non-hydrogen) atoms. The third-order valence-electron chi connectivity index (χ3n) is 3.35. The first-order valence-electron chi connectivity index (χ1n) is 6.53. The van der Waals surface area contributed by atoms with Crippen molar-refractivity contribution in [2.45, 2.75) is 0 Å². The van der Waals surface area contributed by atoms with Crippen LogP contribution in [-0.2, 0) is 0 Å². The summed E-state index contributed by atoms with van der Waals surface area (Å²) in [5, 5.41) is 0.733. The standard InChI is InChI=1S/C16H9Cl2NO3/c17-11-4-1-9(2-5-11)15-14(19-16(18)22-15)10-3-6-12-13(7-10)21-8-20-12/h1-7H,8H2. The van der Waals surface area contributed by atoms with E-state index in [1.807, 2.05) is 30.3 Å². The summed E-state index contributed by atoms with van der Waals surface area (Å²) < 4.78 is 16.3. The molecule has 3 aromatic rings. The summed E-state index contributed by atoms with van der Waals surface area (Å²) in [6.07, 6.45) is 0. The molecule has 4 nitrogen and oxygen atoms in total. The van der Waals surface area contributed by atoms with Crippen LogP contribution in [-0.4, -0.2) is 11.8 Å². The average molecular weight is 334 g/mol. The van der Waals surface area contributed by atoms with Crippen molar-refractivity contribution in [3.05, 3.63) is 52.8 Å². The van der Waals surface area contributed by atoms with Crippen LogP contribution in [0.4, 0.5) is 0 Å². The van der Waals surface area contributed by atoms with Crippen LogP contribution in [0.25, 0.3) is 22.6 Å². The minimum Gasteiger partial charge on any atom is -0.454 e. The zero-order valence-corrected chi connectivity index (χ0v) is 12.7. The van der Waals surface area contributed by atoms with Gasteiger partial charge in [-0.05, 0) is 54.1 Å². The van der Waals surface area contributed by atoms with E-state index in [1.54, 1.807) is 12.1 Å². The quantitative estimate of drug-likeness (QED) is 0.658. The Morgan fingerprint density at radius 1 is 0.864 bits per heavy atom. The zero-order valence-electron chi connectivity index (χ0n) is 11.2. The minimum atomic E-state index is 0.0811. The maximum atomic E-state index is 5.95. The summed E-state index contributed by atoms with van der Waals surface area (Å²) in [7, 11) is 0. The van der Waals surface area contributed by atoms with Gasteiger partial charge in [-0.15, -0.1) is 0 Å². The van der Waals surface area contributed by atoms with E-state index in [2.05, 4.69) is 4.98 Å². The van der Waals surface area contributed by atoms with Gasteiger partial charge < -0.3 is 13.9 Å². The highest BCUT2D eigenvalue weighted by atomic mass is 35.5. The Balaban J connectivity index is 1.84. The van der Waals surface area contributed by atoms with Crippen molar-refractivity contribution in [1.29, 1.82) is 0 Å². The molecule has 0 amide bonds. The van der Waals surface area contributed by atoms with Crippen LogP contribution in [0, 0.1) is 0 Å². The van der Waals surface area contributed by atoms with E-state index in [1.165, 1.54) is 0 Å². The number of hydrogen-bond acceptors (Lipinski definition) is 4. The van der Waals surface area contributed by atoms with Gasteiger partial charge in [0.2, 0.25) is 6.79 Å². The molecule has 1 aliphatic rings. The maximum absolute atomic E-state index is 5.95. The summed E-state index contributed by atoms with van der Waals surface area (Å²) in [6, 6.07) is 12.9. The number of rotatable bonds is 2. The molecular formula is C16H9Cl2NO3. The highest BCUT2D eigenvalue weighted by Crippen LogP contribution is 2.39. The molecule has 1 aliphatic heterocycles. The van der Waals surface area contributed by atoms with E-state index >= 15 is 0 Å². The molecule has 4 rings (SSSR count). The summed E-state index contributed by atoms with van der Waals surface area (Å²) in [5.41, 5.74) is 2.33. The molecule has 110 valence electrons. The Morgan fingerprint density at radius 3 is 2.41 bits per heavy atom. The molecule has 0 saturated carbocycles. The summed E-state index contributed by atoms with van der Waals surface area (Å²) in [6.45, 7) is 0.225. The lowest BCUT2D eigenvalue weighted by molar-refractivity contribution is 0.174. The summed E-state index contributed by atoms with van der Waals surface area (Å²) in [4.78, 5) is 4.27. The zero-order chi connectivity index (χ0) is 15.1.